The highest BCUT2D eigenvalue weighted by molar-refractivity contribution is 5.92. The fourth-order valence-corrected chi connectivity index (χ4v) is 4.92. The van der Waals surface area contributed by atoms with Gasteiger partial charge in [0.05, 0.1) is 34.5 Å². The summed E-state index contributed by atoms with van der Waals surface area (Å²) in [5.41, 5.74) is 2.60. The highest BCUT2D eigenvalue weighted by Gasteiger charge is 2.23. The molecular weight excluding hydrogens is 550 g/mol. The van der Waals surface area contributed by atoms with Gasteiger partial charge in [0.1, 0.15) is 18.1 Å². The number of hydrogen-bond acceptors (Lipinski definition) is 9. The highest BCUT2D eigenvalue weighted by atomic mass is 16.5. The maximum absolute atomic E-state index is 13.9. The Morgan fingerprint density at radius 1 is 0.860 bits per heavy atom. The normalized spacial score (nSPS) is 13.4. The third-order valence-electron chi connectivity index (χ3n) is 7.25. The summed E-state index contributed by atoms with van der Waals surface area (Å²) in [7, 11) is 4.81. The topological polar surface area (TPSA) is 95.7 Å². The number of carbonyl (C=O) groups excluding carboxylic acids is 1. The minimum absolute atomic E-state index is 0.238. The van der Waals surface area contributed by atoms with Crippen molar-refractivity contribution in [3.05, 3.63) is 89.9 Å². The Morgan fingerprint density at radius 2 is 1.53 bits per heavy atom. The molecule has 3 heterocycles. The van der Waals surface area contributed by atoms with E-state index in [4.69, 9.17) is 28.1 Å². The summed E-state index contributed by atoms with van der Waals surface area (Å²) in [4.78, 5) is 22.0. The average Bonchev–Trinajstić information content (AvgIpc) is 3.56. The van der Waals surface area contributed by atoms with E-state index >= 15 is 0 Å². The lowest BCUT2D eigenvalue weighted by molar-refractivity contribution is 0.0319. The van der Waals surface area contributed by atoms with Gasteiger partial charge < -0.3 is 33.0 Å². The van der Waals surface area contributed by atoms with Crippen LogP contribution < -0.4 is 18.9 Å². The number of hydrogen-bond donors (Lipinski definition) is 0. The lowest BCUT2D eigenvalue weighted by Crippen LogP contribution is -2.38. The molecule has 0 N–H and O–H groups in total. The van der Waals surface area contributed by atoms with Crippen molar-refractivity contribution in [3.8, 4) is 34.3 Å². The Balaban J connectivity index is 1.36. The zero-order valence-electron chi connectivity index (χ0n) is 24.8. The van der Waals surface area contributed by atoms with Crippen LogP contribution in [0.1, 0.15) is 21.7 Å². The molecule has 0 aliphatic carbocycles. The van der Waals surface area contributed by atoms with Crippen LogP contribution in [-0.2, 0) is 17.8 Å². The first kappa shape index (κ1) is 29.9. The van der Waals surface area contributed by atoms with Crippen molar-refractivity contribution in [2.24, 2.45) is 0 Å². The molecule has 0 atom stereocenters. The van der Waals surface area contributed by atoms with Crippen LogP contribution in [0.2, 0.25) is 0 Å². The number of pyridine rings is 1. The van der Waals surface area contributed by atoms with Gasteiger partial charge in [-0.15, -0.1) is 0 Å². The summed E-state index contributed by atoms with van der Waals surface area (Å²) < 4.78 is 34.3. The number of morpholine rings is 1. The van der Waals surface area contributed by atoms with Crippen LogP contribution >= 0.6 is 0 Å². The molecule has 10 nitrogen and oxygen atoms in total. The fourth-order valence-electron chi connectivity index (χ4n) is 4.92. The smallest absolute Gasteiger partial charge is 0.290 e. The van der Waals surface area contributed by atoms with E-state index in [9.17, 15) is 4.79 Å². The van der Waals surface area contributed by atoms with Crippen LogP contribution in [-0.4, -0.2) is 81.5 Å². The Morgan fingerprint density at radius 3 is 2.19 bits per heavy atom. The third-order valence-corrected chi connectivity index (χ3v) is 7.25. The molecule has 1 amide bonds. The van der Waals surface area contributed by atoms with Crippen molar-refractivity contribution in [1.29, 1.82) is 0 Å². The van der Waals surface area contributed by atoms with Gasteiger partial charge in [0.2, 0.25) is 5.75 Å². The summed E-state index contributed by atoms with van der Waals surface area (Å²) in [6, 6.07) is 18.5. The van der Waals surface area contributed by atoms with E-state index in [1.54, 1.807) is 50.8 Å². The van der Waals surface area contributed by atoms with Crippen molar-refractivity contribution < 1.29 is 32.9 Å². The number of methoxy groups -OCH3 is 3. The van der Waals surface area contributed by atoms with Gasteiger partial charge >= 0.3 is 0 Å². The lowest BCUT2D eigenvalue weighted by Gasteiger charge is -2.27. The summed E-state index contributed by atoms with van der Waals surface area (Å²) in [6.45, 7) is 5.11. The SMILES string of the molecule is COc1ccc(-c2ccc(C(=O)N(Cc3ccncc3)Cc3cc(OC)c(OCCN4CCOCC4)c(OC)c3)o2)cc1. The predicted molar refractivity (Wildman–Crippen MR) is 161 cm³/mol. The van der Waals surface area contributed by atoms with Crippen molar-refractivity contribution in [1.82, 2.24) is 14.8 Å². The second-order valence-electron chi connectivity index (χ2n) is 10.0. The lowest BCUT2D eigenvalue weighted by atomic mass is 10.1. The second kappa shape index (κ2) is 14.6. The van der Waals surface area contributed by atoms with Crippen molar-refractivity contribution >= 4 is 5.91 Å². The standard InChI is InChI=1S/C33H37N3O7/c1-38-27-6-4-26(5-7-27)28-8-9-29(43-28)33(37)36(22-24-10-12-34-13-11-24)23-25-20-30(39-2)32(31(21-25)40-3)42-19-16-35-14-17-41-18-15-35/h4-13,20-21H,14-19,22-23H2,1-3H3. The van der Waals surface area contributed by atoms with Crippen LogP contribution in [0.4, 0.5) is 0 Å². The van der Waals surface area contributed by atoms with Gasteiger partial charge in [0.25, 0.3) is 5.91 Å². The maximum atomic E-state index is 13.9. The quantitative estimate of drug-likeness (QED) is 0.216. The van der Waals surface area contributed by atoms with Crippen LogP contribution in [0.5, 0.6) is 23.0 Å². The van der Waals surface area contributed by atoms with Gasteiger partial charge in [-0.1, -0.05) is 0 Å². The van der Waals surface area contributed by atoms with Gasteiger partial charge in [0, 0.05) is 50.7 Å². The summed E-state index contributed by atoms with van der Waals surface area (Å²) in [5, 5.41) is 0. The Kier molecular flexibility index (Phi) is 10.1. The average molecular weight is 588 g/mol. The number of aromatic nitrogens is 1. The molecular formula is C33H37N3O7. The zero-order chi connectivity index (χ0) is 30.0. The van der Waals surface area contributed by atoms with Gasteiger partial charge in [-0.2, -0.15) is 0 Å². The molecule has 1 saturated heterocycles. The predicted octanol–water partition coefficient (Wildman–Crippen LogP) is 4.92. The van der Waals surface area contributed by atoms with Gasteiger partial charge in [-0.05, 0) is 71.8 Å². The van der Waals surface area contributed by atoms with Gasteiger partial charge in [0.15, 0.2) is 17.3 Å². The summed E-state index contributed by atoms with van der Waals surface area (Å²) in [5.74, 6) is 2.93. The summed E-state index contributed by atoms with van der Waals surface area (Å²) >= 11 is 0. The number of carbonyl (C=O) groups is 1. The van der Waals surface area contributed by atoms with Crippen molar-refractivity contribution in [2.75, 3.05) is 60.8 Å². The molecule has 0 unspecified atom stereocenters. The van der Waals surface area contributed by atoms with E-state index in [0.717, 1.165) is 55.3 Å². The first-order valence-corrected chi connectivity index (χ1v) is 14.2. The van der Waals surface area contributed by atoms with E-state index < -0.39 is 0 Å². The molecule has 0 bridgehead atoms. The third kappa shape index (κ3) is 7.65. The minimum atomic E-state index is -0.250. The summed E-state index contributed by atoms with van der Waals surface area (Å²) in [6.07, 6.45) is 3.42. The Hall–Kier alpha value is -4.54. The molecule has 1 fully saturated rings. The van der Waals surface area contributed by atoms with Crippen LogP contribution in [0, 0.1) is 0 Å². The fraction of sp³-hybridized carbons (Fsp3) is 0.333. The molecule has 1 aliphatic heterocycles. The second-order valence-corrected chi connectivity index (χ2v) is 10.0. The van der Waals surface area contributed by atoms with E-state index in [1.165, 1.54) is 0 Å². The number of amides is 1. The first-order valence-electron chi connectivity index (χ1n) is 14.2. The van der Waals surface area contributed by atoms with Gasteiger partial charge in [-0.25, -0.2) is 0 Å². The van der Waals surface area contributed by atoms with Crippen molar-refractivity contribution in [3.63, 3.8) is 0 Å². The minimum Gasteiger partial charge on any atom is -0.497 e. The zero-order valence-corrected chi connectivity index (χ0v) is 24.8. The first-order chi connectivity index (χ1) is 21.1. The van der Waals surface area contributed by atoms with Crippen LogP contribution in [0.25, 0.3) is 11.3 Å². The largest absolute Gasteiger partial charge is 0.497 e. The monoisotopic (exact) mass is 587 g/mol. The number of benzene rings is 2. The molecule has 1 aliphatic rings. The Bertz CT molecular complexity index is 1440. The molecule has 2 aromatic heterocycles. The molecule has 0 radical (unpaired) electrons. The molecule has 2 aromatic carbocycles. The highest BCUT2D eigenvalue weighted by Crippen LogP contribution is 2.39. The van der Waals surface area contributed by atoms with Crippen molar-refractivity contribution in [2.45, 2.75) is 13.1 Å². The molecule has 226 valence electrons. The van der Waals surface area contributed by atoms with Gasteiger partial charge in [-0.3, -0.25) is 14.7 Å². The molecule has 43 heavy (non-hydrogen) atoms. The van der Waals surface area contributed by atoms with Crippen LogP contribution in [0.3, 0.4) is 0 Å². The number of ether oxygens (including phenoxy) is 5. The van der Waals surface area contributed by atoms with E-state index in [0.29, 0.717) is 36.2 Å². The van der Waals surface area contributed by atoms with E-state index in [1.807, 2.05) is 48.5 Å². The molecule has 0 spiro atoms. The Labute approximate surface area is 251 Å². The van der Waals surface area contributed by atoms with E-state index in [2.05, 4.69) is 9.88 Å². The number of nitrogens with zero attached hydrogens (tertiary/aromatic N) is 3. The molecule has 0 saturated carbocycles. The molecule has 10 heteroatoms. The van der Waals surface area contributed by atoms with E-state index in [-0.39, 0.29) is 18.2 Å². The maximum Gasteiger partial charge on any atom is 0.290 e. The molecule has 5 rings (SSSR count). The number of rotatable bonds is 13. The number of furan rings is 1. The molecule has 4 aromatic rings. The van der Waals surface area contributed by atoms with Crippen LogP contribution in [0.15, 0.2) is 77.5 Å².